The summed E-state index contributed by atoms with van der Waals surface area (Å²) in [6.45, 7) is 3.90. The Morgan fingerprint density at radius 1 is 1.78 bits per heavy atom. The first-order chi connectivity index (χ1) is 4.30. The Kier molecular flexibility index (Phi) is 2.82. The van der Waals surface area contributed by atoms with Crippen LogP contribution < -0.4 is 5.32 Å². The van der Waals surface area contributed by atoms with Crippen LogP contribution in [0.15, 0.2) is 0 Å². The van der Waals surface area contributed by atoms with E-state index in [-0.39, 0.29) is 6.10 Å². The second kappa shape index (κ2) is 3.44. The van der Waals surface area contributed by atoms with Crippen molar-refractivity contribution in [3.05, 3.63) is 0 Å². The van der Waals surface area contributed by atoms with Gasteiger partial charge in [-0.25, -0.2) is 0 Å². The molecule has 0 spiro atoms. The van der Waals surface area contributed by atoms with E-state index in [1.807, 2.05) is 18.7 Å². The molecule has 2 nitrogen and oxygen atoms in total. The quantitative estimate of drug-likeness (QED) is 0.550. The maximum Gasteiger partial charge on any atom is 0.0643 e. The molecule has 1 heterocycles. The highest BCUT2D eigenvalue weighted by molar-refractivity contribution is 8.00. The number of aliphatic hydroxyl groups excluding tert-OH is 1. The maximum absolute atomic E-state index is 9.12. The minimum Gasteiger partial charge on any atom is -0.392 e. The average molecular weight is 147 g/mol. The van der Waals surface area contributed by atoms with E-state index in [4.69, 9.17) is 5.11 Å². The summed E-state index contributed by atoms with van der Waals surface area (Å²) in [5, 5.41) is 12.8. The first kappa shape index (κ1) is 7.38. The molecular formula is C6H13NOS. The summed E-state index contributed by atoms with van der Waals surface area (Å²) < 4.78 is 0. The molecule has 0 saturated carbocycles. The van der Waals surface area contributed by atoms with Crippen molar-refractivity contribution in [2.45, 2.75) is 18.3 Å². The van der Waals surface area contributed by atoms with Gasteiger partial charge in [-0.1, -0.05) is 0 Å². The Morgan fingerprint density at radius 2 is 2.56 bits per heavy atom. The molecule has 2 unspecified atom stereocenters. The summed E-state index contributed by atoms with van der Waals surface area (Å²) >= 11 is 1.86. The first-order valence-corrected chi connectivity index (χ1v) is 4.36. The van der Waals surface area contributed by atoms with E-state index in [1.165, 1.54) is 0 Å². The van der Waals surface area contributed by atoms with E-state index in [9.17, 15) is 0 Å². The van der Waals surface area contributed by atoms with Gasteiger partial charge in [-0.2, -0.15) is 11.8 Å². The summed E-state index contributed by atoms with van der Waals surface area (Å²) in [4.78, 5) is 0. The highest BCUT2D eigenvalue weighted by Crippen LogP contribution is 2.16. The molecule has 0 radical (unpaired) electrons. The molecule has 0 amide bonds. The van der Waals surface area contributed by atoms with Gasteiger partial charge in [-0.15, -0.1) is 0 Å². The van der Waals surface area contributed by atoms with Gasteiger partial charge in [0.05, 0.1) is 6.10 Å². The van der Waals surface area contributed by atoms with Crippen LogP contribution in [0.2, 0.25) is 0 Å². The number of nitrogens with one attached hydrogen (secondary N) is 1. The normalized spacial score (nSPS) is 32.0. The Hall–Kier alpha value is 0.270. The van der Waals surface area contributed by atoms with Crippen molar-refractivity contribution in [2.75, 3.05) is 18.8 Å². The molecule has 1 saturated heterocycles. The standard InChI is InChI=1S/C6H13NOS/c1-5(8)6-4-7-2-3-9-6/h5-8H,2-4H2,1H3. The zero-order valence-corrected chi connectivity index (χ0v) is 6.45. The zero-order chi connectivity index (χ0) is 6.69. The summed E-state index contributed by atoms with van der Waals surface area (Å²) in [5.41, 5.74) is 0. The Bertz CT molecular complexity index is 81.1. The predicted octanol–water partition coefficient (Wildman–Crippen LogP) is 0.0722. The average Bonchev–Trinajstić information content (AvgIpc) is 1.90. The molecule has 0 aromatic rings. The van der Waals surface area contributed by atoms with Crippen LogP contribution >= 0.6 is 11.8 Å². The fraction of sp³-hybridized carbons (Fsp3) is 1.00. The van der Waals surface area contributed by atoms with E-state index in [2.05, 4.69) is 5.32 Å². The molecule has 0 aromatic carbocycles. The summed E-state index contributed by atoms with van der Waals surface area (Å²) in [5.74, 6) is 1.13. The van der Waals surface area contributed by atoms with Gasteiger partial charge in [0.25, 0.3) is 0 Å². The van der Waals surface area contributed by atoms with Crippen LogP contribution in [0.4, 0.5) is 0 Å². The van der Waals surface area contributed by atoms with Crippen molar-refractivity contribution in [1.82, 2.24) is 5.32 Å². The molecule has 2 N–H and O–H groups in total. The molecule has 1 fully saturated rings. The summed E-state index contributed by atoms with van der Waals surface area (Å²) in [7, 11) is 0. The van der Waals surface area contributed by atoms with Gasteiger partial charge in [-0.3, -0.25) is 0 Å². The first-order valence-electron chi connectivity index (χ1n) is 3.31. The highest BCUT2D eigenvalue weighted by Gasteiger charge is 2.17. The van der Waals surface area contributed by atoms with Crippen LogP contribution in [0.3, 0.4) is 0 Å². The number of hydrogen-bond donors (Lipinski definition) is 2. The molecule has 0 aromatic heterocycles. The third-order valence-electron chi connectivity index (χ3n) is 1.49. The van der Waals surface area contributed by atoms with E-state index in [1.54, 1.807) is 0 Å². The number of rotatable bonds is 1. The van der Waals surface area contributed by atoms with Gasteiger partial charge < -0.3 is 10.4 Å². The lowest BCUT2D eigenvalue weighted by Crippen LogP contribution is -2.38. The van der Waals surface area contributed by atoms with E-state index in [0.29, 0.717) is 5.25 Å². The highest BCUT2D eigenvalue weighted by atomic mass is 32.2. The van der Waals surface area contributed by atoms with Crippen molar-refractivity contribution >= 4 is 11.8 Å². The van der Waals surface area contributed by atoms with Crippen LogP contribution in [-0.4, -0.2) is 35.3 Å². The zero-order valence-electron chi connectivity index (χ0n) is 5.63. The maximum atomic E-state index is 9.12. The smallest absolute Gasteiger partial charge is 0.0643 e. The fourth-order valence-corrected chi connectivity index (χ4v) is 1.97. The van der Waals surface area contributed by atoms with E-state index in [0.717, 1.165) is 18.8 Å². The topological polar surface area (TPSA) is 32.3 Å². The van der Waals surface area contributed by atoms with Gasteiger partial charge >= 0.3 is 0 Å². The van der Waals surface area contributed by atoms with Crippen molar-refractivity contribution in [3.63, 3.8) is 0 Å². The molecule has 9 heavy (non-hydrogen) atoms. The largest absolute Gasteiger partial charge is 0.392 e. The number of thioether (sulfide) groups is 1. The third-order valence-corrected chi connectivity index (χ3v) is 2.92. The van der Waals surface area contributed by atoms with Gasteiger partial charge in [0.1, 0.15) is 0 Å². The van der Waals surface area contributed by atoms with Gasteiger partial charge in [0.2, 0.25) is 0 Å². The number of aliphatic hydroxyl groups is 1. The fourth-order valence-electron chi connectivity index (χ4n) is 0.896. The molecule has 0 bridgehead atoms. The SMILES string of the molecule is CC(O)C1CNCCS1. The van der Waals surface area contributed by atoms with Gasteiger partial charge in [0, 0.05) is 24.1 Å². The molecular weight excluding hydrogens is 134 g/mol. The van der Waals surface area contributed by atoms with Gasteiger partial charge in [0.15, 0.2) is 0 Å². The van der Waals surface area contributed by atoms with Crippen molar-refractivity contribution < 1.29 is 5.11 Å². The van der Waals surface area contributed by atoms with E-state index < -0.39 is 0 Å². The molecule has 2 atom stereocenters. The minimum absolute atomic E-state index is 0.164. The predicted molar refractivity (Wildman–Crippen MR) is 40.8 cm³/mol. The lowest BCUT2D eigenvalue weighted by Gasteiger charge is -2.24. The number of hydrogen-bond acceptors (Lipinski definition) is 3. The Labute approximate surface area is 60.0 Å². The molecule has 1 aliphatic rings. The van der Waals surface area contributed by atoms with Crippen molar-refractivity contribution in [2.24, 2.45) is 0 Å². The molecule has 0 aliphatic carbocycles. The minimum atomic E-state index is -0.164. The lowest BCUT2D eigenvalue weighted by atomic mass is 10.3. The van der Waals surface area contributed by atoms with Crippen LogP contribution in [0, 0.1) is 0 Å². The van der Waals surface area contributed by atoms with Crippen molar-refractivity contribution in [1.29, 1.82) is 0 Å². The van der Waals surface area contributed by atoms with Crippen LogP contribution in [-0.2, 0) is 0 Å². The Morgan fingerprint density at radius 3 is 2.89 bits per heavy atom. The summed E-state index contributed by atoms with van der Waals surface area (Å²) in [6, 6.07) is 0. The van der Waals surface area contributed by atoms with Crippen LogP contribution in [0.1, 0.15) is 6.92 Å². The molecule has 1 rings (SSSR count). The summed E-state index contributed by atoms with van der Waals surface area (Å²) in [6.07, 6.45) is -0.164. The van der Waals surface area contributed by atoms with Crippen LogP contribution in [0.5, 0.6) is 0 Å². The van der Waals surface area contributed by atoms with Crippen LogP contribution in [0.25, 0.3) is 0 Å². The second-order valence-corrected chi connectivity index (χ2v) is 3.70. The monoisotopic (exact) mass is 147 g/mol. The Balaban J connectivity index is 2.23. The molecule has 3 heteroatoms. The lowest BCUT2D eigenvalue weighted by molar-refractivity contribution is 0.189. The van der Waals surface area contributed by atoms with E-state index >= 15 is 0 Å². The molecule has 1 aliphatic heterocycles. The second-order valence-electron chi connectivity index (χ2n) is 2.35. The third kappa shape index (κ3) is 2.16. The van der Waals surface area contributed by atoms with Gasteiger partial charge in [-0.05, 0) is 6.92 Å². The molecule has 54 valence electrons. The van der Waals surface area contributed by atoms with Crippen molar-refractivity contribution in [3.8, 4) is 0 Å².